The number of halogens is 1. The van der Waals surface area contributed by atoms with Gasteiger partial charge in [-0.05, 0) is 30.7 Å². The summed E-state index contributed by atoms with van der Waals surface area (Å²) in [5.41, 5.74) is 3.78. The van der Waals surface area contributed by atoms with Crippen LogP contribution in [0.1, 0.15) is 12.0 Å². The minimum atomic E-state index is -0.391. The lowest BCUT2D eigenvalue weighted by Crippen LogP contribution is -2.37. The highest BCUT2D eigenvalue weighted by molar-refractivity contribution is 6.30. The van der Waals surface area contributed by atoms with Crippen LogP contribution in [-0.2, 0) is 9.59 Å². The number of aryl methyl sites for hydroxylation is 1. The molecule has 0 unspecified atom stereocenters. The second-order valence-electron chi connectivity index (χ2n) is 4.34. The average Bonchev–Trinajstić information content (AvgIpc) is 2.70. The Kier molecular flexibility index (Phi) is 3.54. The number of hydrogen-bond donors (Lipinski definition) is 2. The molecule has 96 valence electrons. The van der Waals surface area contributed by atoms with Gasteiger partial charge in [0.1, 0.15) is 0 Å². The van der Waals surface area contributed by atoms with E-state index in [1.54, 1.807) is 23.1 Å². The number of benzene rings is 1. The average molecular weight is 268 g/mol. The van der Waals surface area contributed by atoms with E-state index in [2.05, 4.69) is 5.43 Å². The Hall–Kier alpha value is -1.59. The van der Waals surface area contributed by atoms with Crippen molar-refractivity contribution in [1.82, 2.24) is 5.43 Å². The van der Waals surface area contributed by atoms with E-state index in [0.29, 0.717) is 11.6 Å². The minimum Gasteiger partial charge on any atom is -0.311 e. The normalized spacial score (nSPS) is 19.2. The van der Waals surface area contributed by atoms with Gasteiger partial charge in [0.05, 0.1) is 5.92 Å². The van der Waals surface area contributed by atoms with Crippen molar-refractivity contribution in [3.8, 4) is 0 Å². The third kappa shape index (κ3) is 2.32. The van der Waals surface area contributed by atoms with Gasteiger partial charge < -0.3 is 4.90 Å². The molecule has 0 spiro atoms. The van der Waals surface area contributed by atoms with Gasteiger partial charge in [-0.25, -0.2) is 5.84 Å². The number of nitrogens with one attached hydrogen (secondary N) is 1. The Labute approximate surface area is 110 Å². The van der Waals surface area contributed by atoms with Crippen LogP contribution in [0.3, 0.4) is 0 Å². The second kappa shape index (κ2) is 4.96. The van der Waals surface area contributed by atoms with Gasteiger partial charge in [-0.2, -0.15) is 0 Å². The fourth-order valence-corrected chi connectivity index (χ4v) is 2.38. The molecule has 0 radical (unpaired) electrons. The van der Waals surface area contributed by atoms with Crippen LogP contribution in [0.2, 0.25) is 5.02 Å². The Balaban J connectivity index is 2.24. The summed E-state index contributed by atoms with van der Waals surface area (Å²) in [6.45, 7) is 2.23. The molecule has 1 aromatic carbocycles. The standard InChI is InChI=1S/C12H14ClN3O2/c1-7-4-9(13)2-3-10(7)16-6-8(5-11(16)17)12(18)15-14/h2-4,8H,5-6,14H2,1H3,(H,15,18)/t8-/m0/s1. The molecule has 1 atom stereocenters. The number of nitrogens with two attached hydrogens (primary N) is 1. The lowest BCUT2D eigenvalue weighted by Gasteiger charge is -2.19. The van der Waals surface area contributed by atoms with Crippen LogP contribution in [0.15, 0.2) is 18.2 Å². The molecule has 1 aliphatic rings. The number of carbonyl (C=O) groups is 2. The number of anilines is 1. The van der Waals surface area contributed by atoms with E-state index in [1.807, 2.05) is 6.92 Å². The van der Waals surface area contributed by atoms with Gasteiger partial charge in [0.25, 0.3) is 0 Å². The summed E-state index contributed by atoms with van der Waals surface area (Å²) >= 11 is 5.88. The molecule has 0 aliphatic carbocycles. The summed E-state index contributed by atoms with van der Waals surface area (Å²) in [5.74, 6) is 4.31. The van der Waals surface area contributed by atoms with Crippen molar-refractivity contribution in [1.29, 1.82) is 0 Å². The maximum atomic E-state index is 11.9. The van der Waals surface area contributed by atoms with Gasteiger partial charge in [0.2, 0.25) is 11.8 Å². The van der Waals surface area contributed by atoms with Crippen LogP contribution in [0.4, 0.5) is 5.69 Å². The van der Waals surface area contributed by atoms with E-state index in [4.69, 9.17) is 17.4 Å². The molecule has 3 N–H and O–H groups in total. The lowest BCUT2D eigenvalue weighted by molar-refractivity contribution is -0.126. The summed E-state index contributed by atoms with van der Waals surface area (Å²) in [4.78, 5) is 25.0. The molecule has 0 bridgehead atoms. The molecule has 6 heteroatoms. The van der Waals surface area contributed by atoms with Gasteiger partial charge in [-0.3, -0.25) is 15.0 Å². The van der Waals surface area contributed by atoms with Crippen LogP contribution >= 0.6 is 11.6 Å². The smallest absolute Gasteiger partial charge is 0.239 e. The molecule has 2 rings (SSSR count). The first-order valence-electron chi connectivity index (χ1n) is 5.60. The Morgan fingerprint density at radius 3 is 2.89 bits per heavy atom. The van der Waals surface area contributed by atoms with Crippen molar-refractivity contribution in [2.75, 3.05) is 11.4 Å². The van der Waals surface area contributed by atoms with Crippen LogP contribution in [0, 0.1) is 12.8 Å². The number of hydrogen-bond acceptors (Lipinski definition) is 3. The van der Waals surface area contributed by atoms with Crippen molar-refractivity contribution in [3.05, 3.63) is 28.8 Å². The fraction of sp³-hybridized carbons (Fsp3) is 0.333. The second-order valence-corrected chi connectivity index (χ2v) is 4.78. The zero-order chi connectivity index (χ0) is 13.3. The predicted molar refractivity (Wildman–Crippen MR) is 69.0 cm³/mol. The zero-order valence-electron chi connectivity index (χ0n) is 9.94. The monoisotopic (exact) mass is 267 g/mol. The highest BCUT2D eigenvalue weighted by atomic mass is 35.5. The van der Waals surface area contributed by atoms with Crippen molar-refractivity contribution >= 4 is 29.1 Å². The van der Waals surface area contributed by atoms with Gasteiger partial charge >= 0.3 is 0 Å². The lowest BCUT2D eigenvalue weighted by atomic mass is 10.1. The molecule has 1 heterocycles. The number of amides is 2. The van der Waals surface area contributed by atoms with E-state index in [9.17, 15) is 9.59 Å². The molecule has 0 saturated carbocycles. The van der Waals surface area contributed by atoms with E-state index < -0.39 is 5.92 Å². The molecule has 2 amide bonds. The Bertz CT molecular complexity index is 504. The fourth-order valence-electron chi connectivity index (χ4n) is 2.16. The van der Waals surface area contributed by atoms with Crippen molar-refractivity contribution in [2.24, 2.45) is 11.8 Å². The summed E-state index contributed by atoms with van der Waals surface area (Å²) in [7, 11) is 0. The summed E-state index contributed by atoms with van der Waals surface area (Å²) in [6, 6.07) is 5.31. The predicted octanol–water partition coefficient (Wildman–Crippen LogP) is 0.991. The number of hydrazine groups is 1. The molecule has 18 heavy (non-hydrogen) atoms. The van der Waals surface area contributed by atoms with Crippen molar-refractivity contribution < 1.29 is 9.59 Å². The topological polar surface area (TPSA) is 75.4 Å². The van der Waals surface area contributed by atoms with Gasteiger partial charge in [0.15, 0.2) is 0 Å². The molecule has 1 aromatic rings. The Morgan fingerprint density at radius 2 is 2.28 bits per heavy atom. The SMILES string of the molecule is Cc1cc(Cl)ccc1N1C[C@@H](C(=O)NN)CC1=O. The summed E-state index contributed by atoms with van der Waals surface area (Å²) in [6.07, 6.45) is 0.186. The van der Waals surface area contributed by atoms with Gasteiger partial charge in [-0.1, -0.05) is 11.6 Å². The number of nitrogens with zero attached hydrogens (tertiary/aromatic N) is 1. The first-order chi connectivity index (χ1) is 8.52. The molecule has 1 aliphatic heterocycles. The van der Waals surface area contributed by atoms with E-state index in [1.165, 1.54) is 0 Å². The maximum absolute atomic E-state index is 11.9. The van der Waals surface area contributed by atoms with Crippen LogP contribution in [-0.4, -0.2) is 18.4 Å². The van der Waals surface area contributed by atoms with Crippen LogP contribution in [0.5, 0.6) is 0 Å². The largest absolute Gasteiger partial charge is 0.311 e. The van der Waals surface area contributed by atoms with Crippen LogP contribution in [0.25, 0.3) is 0 Å². The molecule has 1 saturated heterocycles. The van der Waals surface area contributed by atoms with Crippen LogP contribution < -0.4 is 16.2 Å². The van der Waals surface area contributed by atoms with Gasteiger partial charge in [0, 0.05) is 23.7 Å². The van der Waals surface area contributed by atoms with E-state index >= 15 is 0 Å². The van der Waals surface area contributed by atoms with Crippen molar-refractivity contribution in [3.63, 3.8) is 0 Å². The minimum absolute atomic E-state index is 0.0750. The third-order valence-corrected chi connectivity index (χ3v) is 3.32. The molecular weight excluding hydrogens is 254 g/mol. The number of rotatable bonds is 2. The van der Waals surface area contributed by atoms with Gasteiger partial charge in [-0.15, -0.1) is 0 Å². The first-order valence-corrected chi connectivity index (χ1v) is 5.97. The maximum Gasteiger partial charge on any atom is 0.239 e. The number of carbonyl (C=O) groups excluding carboxylic acids is 2. The van der Waals surface area contributed by atoms with E-state index in [0.717, 1.165) is 11.3 Å². The summed E-state index contributed by atoms with van der Waals surface area (Å²) in [5, 5.41) is 0.624. The highest BCUT2D eigenvalue weighted by Gasteiger charge is 2.35. The Morgan fingerprint density at radius 1 is 1.56 bits per heavy atom. The zero-order valence-corrected chi connectivity index (χ0v) is 10.7. The highest BCUT2D eigenvalue weighted by Crippen LogP contribution is 2.29. The molecule has 0 aromatic heterocycles. The molecule has 5 nitrogen and oxygen atoms in total. The first kappa shape index (κ1) is 12.9. The molecular formula is C12H14ClN3O2. The molecule has 1 fully saturated rings. The quantitative estimate of drug-likeness (QED) is 0.477. The summed E-state index contributed by atoms with van der Waals surface area (Å²) < 4.78 is 0. The van der Waals surface area contributed by atoms with E-state index in [-0.39, 0.29) is 18.2 Å². The third-order valence-electron chi connectivity index (χ3n) is 3.09. The van der Waals surface area contributed by atoms with Crippen molar-refractivity contribution in [2.45, 2.75) is 13.3 Å².